The van der Waals surface area contributed by atoms with Gasteiger partial charge in [0.2, 0.25) is 5.67 Å². The van der Waals surface area contributed by atoms with Crippen LogP contribution in [0.1, 0.15) is 68.8 Å². The van der Waals surface area contributed by atoms with Gasteiger partial charge in [0.15, 0.2) is 0 Å². The van der Waals surface area contributed by atoms with Gasteiger partial charge in [0.1, 0.15) is 0 Å². The van der Waals surface area contributed by atoms with Gasteiger partial charge in [0.25, 0.3) is 11.8 Å². The molecule has 1 aliphatic carbocycles. The summed E-state index contributed by atoms with van der Waals surface area (Å²) in [5.41, 5.74) is -1.50. The van der Waals surface area contributed by atoms with Crippen LogP contribution in [0.25, 0.3) is 0 Å². The standard InChI is InChI=1S/C22H29FN2O2/c1-21(2,3)22(23)17-13-16(19(26)24-11-5-4-6-12-24)9-10-18(17)25(20(22)27)14-15-7-8-15/h9-10,13,15H,4-8,11-12,14H2,1-3H3. The zero-order valence-electron chi connectivity index (χ0n) is 16.6. The number of halogens is 1. The number of alkyl halides is 1. The summed E-state index contributed by atoms with van der Waals surface area (Å²) in [4.78, 5) is 29.5. The lowest BCUT2D eigenvalue weighted by molar-refractivity contribution is -0.136. The number of carbonyl (C=O) groups excluding carboxylic acids is 2. The van der Waals surface area contributed by atoms with Crippen LogP contribution < -0.4 is 4.90 Å². The molecule has 2 aliphatic heterocycles. The van der Waals surface area contributed by atoms with Crippen LogP contribution in [0.2, 0.25) is 0 Å². The molecule has 2 fully saturated rings. The summed E-state index contributed by atoms with van der Waals surface area (Å²) in [5, 5.41) is 0. The Kier molecular flexibility index (Phi) is 4.32. The molecule has 0 bridgehead atoms. The third kappa shape index (κ3) is 2.95. The molecule has 0 spiro atoms. The van der Waals surface area contributed by atoms with Gasteiger partial charge in [-0.1, -0.05) is 20.8 Å². The first-order valence-electron chi connectivity index (χ1n) is 10.2. The van der Waals surface area contributed by atoms with Crippen LogP contribution in [0, 0.1) is 11.3 Å². The molecule has 0 N–H and O–H groups in total. The number of nitrogens with zero attached hydrogens (tertiary/aromatic N) is 2. The fraction of sp³-hybridized carbons (Fsp3) is 0.636. The van der Waals surface area contributed by atoms with Crippen LogP contribution >= 0.6 is 0 Å². The van der Waals surface area contributed by atoms with Gasteiger partial charge in [-0.05, 0) is 56.2 Å². The third-order valence-corrected chi connectivity index (χ3v) is 6.26. The zero-order valence-corrected chi connectivity index (χ0v) is 16.6. The SMILES string of the molecule is CC(C)(C)C1(F)C(=O)N(CC2CC2)c2ccc(C(=O)N3CCCCC3)cc21. The predicted molar refractivity (Wildman–Crippen MR) is 104 cm³/mol. The van der Waals surface area contributed by atoms with E-state index in [-0.39, 0.29) is 5.91 Å². The van der Waals surface area contributed by atoms with E-state index in [1.54, 1.807) is 43.9 Å². The second kappa shape index (κ2) is 6.32. The van der Waals surface area contributed by atoms with Crippen molar-refractivity contribution >= 4 is 17.5 Å². The molecule has 5 heteroatoms. The van der Waals surface area contributed by atoms with E-state index in [0.717, 1.165) is 45.2 Å². The van der Waals surface area contributed by atoms with Gasteiger partial charge in [-0.25, -0.2) is 4.39 Å². The van der Waals surface area contributed by atoms with Gasteiger partial charge in [-0.3, -0.25) is 9.59 Å². The van der Waals surface area contributed by atoms with E-state index < -0.39 is 17.0 Å². The number of hydrogen-bond donors (Lipinski definition) is 0. The Balaban J connectivity index is 1.74. The van der Waals surface area contributed by atoms with E-state index in [2.05, 4.69) is 0 Å². The van der Waals surface area contributed by atoms with Crippen molar-refractivity contribution in [2.24, 2.45) is 11.3 Å². The maximum absolute atomic E-state index is 16.3. The lowest BCUT2D eigenvalue weighted by atomic mass is 9.74. The number of likely N-dealkylation sites (tertiary alicyclic amines) is 1. The Labute approximate surface area is 160 Å². The van der Waals surface area contributed by atoms with Crippen LogP contribution in [0.5, 0.6) is 0 Å². The van der Waals surface area contributed by atoms with Crippen LogP contribution in [0.4, 0.5) is 10.1 Å². The Morgan fingerprint density at radius 1 is 1.19 bits per heavy atom. The average Bonchev–Trinajstić information content (AvgIpc) is 3.44. The number of fused-ring (bicyclic) bond motifs is 1. The molecule has 2 amide bonds. The molecule has 1 saturated heterocycles. The smallest absolute Gasteiger partial charge is 0.270 e. The van der Waals surface area contributed by atoms with Gasteiger partial charge >= 0.3 is 0 Å². The third-order valence-electron chi connectivity index (χ3n) is 6.26. The van der Waals surface area contributed by atoms with Crippen molar-refractivity contribution in [1.82, 2.24) is 4.90 Å². The summed E-state index contributed by atoms with van der Waals surface area (Å²) in [6.45, 7) is 7.36. The van der Waals surface area contributed by atoms with Crippen LogP contribution in [-0.4, -0.2) is 36.3 Å². The van der Waals surface area contributed by atoms with Crippen LogP contribution in [0.15, 0.2) is 18.2 Å². The Hall–Kier alpha value is -1.91. The maximum Gasteiger partial charge on any atom is 0.270 e. The van der Waals surface area contributed by atoms with Crippen molar-refractivity contribution in [1.29, 1.82) is 0 Å². The molecule has 1 atom stereocenters. The van der Waals surface area contributed by atoms with E-state index in [1.807, 2.05) is 4.90 Å². The molecule has 4 nitrogen and oxygen atoms in total. The molecule has 0 aromatic heterocycles. The van der Waals surface area contributed by atoms with Crippen molar-refractivity contribution in [3.8, 4) is 0 Å². The number of piperidine rings is 1. The second-order valence-electron chi connectivity index (χ2n) is 9.35. The van der Waals surface area contributed by atoms with Gasteiger partial charge in [0, 0.05) is 36.2 Å². The number of rotatable bonds is 3. The highest BCUT2D eigenvalue weighted by molar-refractivity contribution is 6.08. The van der Waals surface area contributed by atoms with Crippen molar-refractivity contribution in [2.45, 2.75) is 58.5 Å². The minimum atomic E-state index is -2.10. The summed E-state index contributed by atoms with van der Waals surface area (Å²) in [5.74, 6) is -0.0555. The minimum absolute atomic E-state index is 0.0538. The molecular formula is C22H29FN2O2. The van der Waals surface area contributed by atoms with E-state index in [1.165, 1.54) is 0 Å². The largest absolute Gasteiger partial charge is 0.339 e. The number of anilines is 1. The van der Waals surface area contributed by atoms with E-state index in [0.29, 0.717) is 29.3 Å². The van der Waals surface area contributed by atoms with Crippen LogP contribution in [0.3, 0.4) is 0 Å². The summed E-state index contributed by atoms with van der Waals surface area (Å²) in [7, 11) is 0. The topological polar surface area (TPSA) is 40.6 Å². The molecule has 1 saturated carbocycles. The first-order chi connectivity index (χ1) is 12.7. The van der Waals surface area contributed by atoms with E-state index in [9.17, 15) is 9.59 Å². The summed E-state index contributed by atoms with van der Waals surface area (Å²) in [6, 6.07) is 5.18. The fourth-order valence-electron chi connectivity index (χ4n) is 4.34. The molecule has 0 radical (unpaired) electrons. The number of amides is 2. The lowest BCUT2D eigenvalue weighted by Crippen LogP contribution is -2.46. The molecular weight excluding hydrogens is 343 g/mol. The lowest BCUT2D eigenvalue weighted by Gasteiger charge is -2.33. The normalized spacial score (nSPS) is 25.7. The highest BCUT2D eigenvalue weighted by Gasteiger charge is 2.59. The molecule has 2 heterocycles. The minimum Gasteiger partial charge on any atom is -0.339 e. The zero-order chi connectivity index (χ0) is 19.4. The number of benzene rings is 1. The quantitative estimate of drug-likeness (QED) is 0.795. The van der Waals surface area contributed by atoms with Gasteiger partial charge < -0.3 is 9.80 Å². The molecule has 3 aliphatic rings. The summed E-state index contributed by atoms with van der Waals surface area (Å²) < 4.78 is 16.3. The Bertz CT molecular complexity index is 775. The van der Waals surface area contributed by atoms with Crippen molar-refractivity contribution in [3.05, 3.63) is 29.3 Å². The second-order valence-corrected chi connectivity index (χ2v) is 9.35. The van der Waals surface area contributed by atoms with E-state index in [4.69, 9.17) is 0 Å². The molecule has 1 aromatic carbocycles. The van der Waals surface area contributed by atoms with Gasteiger partial charge in [-0.15, -0.1) is 0 Å². The molecule has 27 heavy (non-hydrogen) atoms. The first-order valence-corrected chi connectivity index (χ1v) is 10.2. The van der Waals surface area contributed by atoms with Gasteiger partial charge in [-0.2, -0.15) is 0 Å². The van der Waals surface area contributed by atoms with Gasteiger partial charge in [0.05, 0.1) is 5.69 Å². The monoisotopic (exact) mass is 372 g/mol. The highest BCUT2D eigenvalue weighted by atomic mass is 19.1. The summed E-state index contributed by atoms with van der Waals surface area (Å²) in [6.07, 6.45) is 5.37. The van der Waals surface area contributed by atoms with Crippen molar-refractivity contribution in [2.75, 3.05) is 24.5 Å². The summed E-state index contributed by atoms with van der Waals surface area (Å²) >= 11 is 0. The molecule has 1 unspecified atom stereocenters. The molecule has 146 valence electrons. The van der Waals surface area contributed by atoms with Crippen LogP contribution in [-0.2, 0) is 10.5 Å². The fourth-order valence-corrected chi connectivity index (χ4v) is 4.34. The predicted octanol–water partition coefficient (Wildman–Crippen LogP) is 4.28. The number of carbonyl (C=O) groups is 2. The maximum atomic E-state index is 16.3. The first kappa shape index (κ1) is 18.5. The highest BCUT2D eigenvalue weighted by Crippen LogP contribution is 2.53. The van der Waals surface area contributed by atoms with Crippen molar-refractivity contribution < 1.29 is 14.0 Å². The number of hydrogen-bond acceptors (Lipinski definition) is 2. The van der Waals surface area contributed by atoms with Crippen molar-refractivity contribution in [3.63, 3.8) is 0 Å². The Morgan fingerprint density at radius 3 is 2.44 bits per heavy atom. The molecule has 4 rings (SSSR count). The average molecular weight is 372 g/mol. The Morgan fingerprint density at radius 2 is 1.85 bits per heavy atom. The van der Waals surface area contributed by atoms with E-state index >= 15 is 4.39 Å². The molecule has 1 aromatic rings.